The number of thiazole rings is 1. The van der Waals surface area contributed by atoms with Gasteiger partial charge in [0.05, 0.1) is 35.5 Å². The van der Waals surface area contributed by atoms with Gasteiger partial charge in [0.25, 0.3) is 5.91 Å². The molecule has 0 radical (unpaired) electrons. The second-order valence-electron chi connectivity index (χ2n) is 8.21. The SMILES string of the molecule is COC(=O)c1cnc(NC(=O)c2cc(C3CC3)nc3c2c(C)nn3C(C)(C)C)s1. The molecule has 8 nitrogen and oxygen atoms in total. The van der Waals surface area contributed by atoms with E-state index in [2.05, 4.69) is 36.2 Å². The number of esters is 1. The molecule has 0 aliphatic heterocycles. The third-order valence-corrected chi connectivity index (χ3v) is 5.71. The summed E-state index contributed by atoms with van der Waals surface area (Å²) in [6.07, 6.45) is 3.56. The van der Waals surface area contributed by atoms with E-state index in [9.17, 15) is 9.59 Å². The van der Waals surface area contributed by atoms with E-state index in [0.717, 1.165) is 46.6 Å². The van der Waals surface area contributed by atoms with Crippen LogP contribution in [0.2, 0.25) is 0 Å². The molecular formula is C20H23N5O3S. The minimum absolute atomic E-state index is 0.264. The summed E-state index contributed by atoms with van der Waals surface area (Å²) in [5.41, 5.74) is 2.66. The summed E-state index contributed by atoms with van der Waals surface area (Å²) in [6.45, 7) is 8.08. The van der Waals surface area contributed by atoms with Crippen LogP contribution in [0.1, 0.15) is 70.9 Å². The molecule has 29 heavy (non-hydrogen) atoms. The summed E-state index contributed by atoms with van der Waals surface area (Å²) in [5.74, 6) is -0.380. The third kappa shape index (κ3) is 3.62. The largest absolute Gasteiger partial charge is 0.465 e. The molecule has 3 heterocycles. The molecule has 1 N–H and O–H groups in total. The molecule has 0 atom stereocenters. The van der Waals surface area contributed by atoms with Crippen molar-refractivity contribution in [2.75, 3.05) is 12.4 Å². The van der Waals surface area contributed by atoms with Crippen LogP contribution in [0.5, 0.6) is 0 Å². The maximum absolute atomic E-state index is 13.2. The van der Waals surface area contributed by atoms with E-state index in [1.807, 2.05) is 17.7 Å². The summed E-state index contributed by atoms with van der Waals surface area (Å²) in [7, 11) is 1.31. The van der Waals surface area contributed by atoms with E-state index in [0.29, 0.717) is 21.5 Å². The van der Waals surface area contributed by atoms with Crippen molar-refractivity contribution in [3.05, 3.63) is 34.1 Å². The van der Waals surface area contributed by atoms with Crippen LogP contribution in [0.15, 0.2) is 12.3 Å². The number of nitrogens with zero attached hydrogens (tertiary/aromatic N) is 4. The Kier molecular flexibility index (Phi) is 4.65. The topological polar surface area (TPSA) is 99.0 Å². The number of carbonyl (C=O) groups is 2. The maximum atomic E-state index is 13.2. The van der Waals surface area contributed by atoms with Crippen molar-refractivity contribution in [3.8, 4) is 0 Å². The molecule has 3 aromatic heterocycles. The molecule has 9 heteroatoms. The number of anilines is 1. The molecule has 1 aliphatic rings. The zero-order valence-corrected chi connectivity index (χ0v) is 17.9. The summed E-state index contributed by atoms with van der Waals surface area (Å²) in [4.78, 5) is 34.1. The first kappa shape index (κ1) is 19.5. The van der Waals surface area contributed by atoms with E-state index in [1.54, 1.807) is 0 Å². The number of fused-ring (bicyclic) bond motifs is 1. The van der Waals surface area contributed by atoms with E-state index in [1.165, 1.54) is 13.3 Å². The van der Waals surface area contributed by atoms with Gasteiger partial charge >= 0.3 is 5.97 Å². The molecule has 4 rings (SSSR count). The van der Waals surface area contributed by atoms with Crippen molar-refractivity contribution in [2.24, 2.45) is 0 Å². The molecule has 3 aromatic rings. The lowest BCUT2D eigenvalue weighted by atomic mass is 10.1. The normalized spacial score (nSPS) is 14.2. The molecular weight excluding hydrogens is 390 g/mol. The Balaban J connectivity index is 1.78. The van der Waals surface area contributed by atoms with Crippen LogP contribution in [0, 0.1) is 6.92 Å². The van der Waals surface area contributed by atoms with E-state index in [-0.39, 0.29) is 11.4 Å². The average molecular weight is 414 g/mol. The lowest BCUT2D eigenvalue weighted by molar-refractivity contribution is 0.0606. The number of nitrogens with one attached hydrogen (secondary N) is 1. The van der Waals surface area contributed by atoms with Crippen molar-refractivity contribution in [1.29, 1.82) is 0 Å². The molecule has 0 unspecified atom stereocenters. The highest BCUT2D eigenvalue weighted by molar-refractivity contribution is 7.17. The number of pyridine rings is 1. The number of hydrogen-bond donors (Lipinski definition) is 1. The van der Waals surface area contributed by atoms with Gasteiger partial charge in [0.2, 0.25) is 0 Å². The fourth-order valence-corrected chi connectivity index (χ4v) is 3.96. The zero-order valence-electron chi connectivity index (χ0n) is 17.1. The van der Waals surface area contributed by atoms with Crippen LogP contribution in [0.4, 0.5) is 5.13 Å². The summed E-state index contributed by atoms with van der Waals surface area (Å²) >= 11 is 1.08. The Hall–Kier alpha value is -2.81. The van der Waals surface area contributed by atoms with Gasteiger partial charge in [-0.1, -0.05) is 11.3 Å². The van der Waals surface area contributed by atoms with Gasteiger partial charge in [-0.2, -0.15) is 5.10 Å². The molecule has 0 aromatic carbocycles. The first-order chi connectivity index (χ1) is 13.7. The van der Waals surface area contributed by atoms with Crippen LogP contribution in [-0.2, 0) is 10.3 Å². The molecule has 1 fully saturated rings. The summed E-state index contributed by atoms with van der Waals surface area (Å²) < 4.78 is 6.58. The molecule has 152 valence electrons. The first-order valence-electron chi connectivity index (χ1n) is 9.45. The number of amides is 1. The molecule has 1 amide bonds. The second-order valence-corrected chi connectivity index (χ2v) is 9.24. The van der Waals surface area contributed by atoms with Gasteiger partial charge < -0.3 is 4.74 Å². The van der Waals surface area contributed by atoms with Crippen molar-refractivity contribution < 1.29 is 14.3 Å². The van der Waals surface area contributed by atoms with Gasteiger partial charge in [0.1, 0.15) is 4.88 Å². The standard InChI is InChI=1S/C20H23N5O3S/c1-10-15-12(17(26)23-19-21-9-14(29-19)18(27)28-5)8-13(11-6-7-11)22-16(15)25(24-10)20(2,3)4/h8-9,11H,6-7H2,1-5H3,(H,21,23,26). The van der Waals surface area contributed by atoms with Gasteiger partial charge in [-0.25, -0.2) is 19.4 Å². The Morgan fingerprint density at radius 2 is 2.03 bits per heavy atom. The number of hydrogen-bond acceptors (Lipinski definition) is 7. The van der Waals surface area contributed by atoms with E-state index < -0.39 is 5.97 Å². The van der Waals surface area contributed by atoms with Crippen LogP contribution in [0.25, 0.3) is 11.0 Å². The van der Waals surface area contributed by atoms with Gasteiger partial charge in [-0.15, -0.1) is 0 Å². The highest BCUT2D eigenvalue weighted by Gasteiger charge is 2.30. The fraction of sp³-hybridized carbons (Fsp3) is 0.450. The second kappa shape index (κ2) is 6.91. The Morgan fingerprint density at radius 1 is 1.31 bits per heavy atom. The fourth-order valence-electron chi connectivity index (χ4n) is 3.23. The van der Waals surface area contributed by atoms with Crippen molar-refractivity contribution in [3.63, 3.8) is 0 Å². The minimum Gasteiger partial charge on any atom is -0.465 e. The highest BCUT2D eigenvalue weighted by atomic mass is 32.1. The van der Waals surface area contributed by atoms with E-state index in [4.69, 9.17) is 9.72 Å². The van der Waals surface area contributed by atoms with Crippen LogP contribution in [-0.4, -0.2) is 38.7 Å². The molecule has 0 spiro atoms. The quantitative estimate of drug-likeness (QED) is 0.652. The van der Waals surface area contributed by atoms with Crippen molar-refractivity contribution in [2.45, 2.75) is 52.0 Å². The number of carbonyl (C=O) groups excluding carboxylic acids is 2. The van der Waals surface area contributed by atoms with Crippen LogP contribution < -0.4 is 5.32 Å². The number of rotatable bonds is 4. The molecule has 1 aliphatic carbocycles. The maximum Gasteiger partial charge on any atom is 0.349 e. The minimum atomic E-state index is -0.479. The highest BCUT2D eigenvalue weighted by Crippen LogP contribution is 2.41. The molecule has 1 saturated carbocycles. The van der Waals surface area contributed by atoms with Crippen molar-refractivity contribution in [1.82, 2.24) is 19.7 Å². The van der Waals surface area contributed by atoms with Crippen LogP contribution in [0.3, 0.4) is 0 Å². The Bertz CT molecular complexity index is 1120. The van der Waals surface area contributed by atoms with Gasteiger partial charge in [0.15, 0.2) is 10.8 Å². The number of aryl methyl sites for hydroxylation is 1. The smallest absolute Gasteiger partial charge is 0.349 e. The molecule has 0 saturated heterocycles. The summed E-state index contributed by atoms with van der Waals surface area (Å²) in [5, 5.41) is 8.56. The van der Waals surface area contributed by atoms with E-state index >= 15 is 0 Å². The average Bonchev–Trinajstić information content (AvgIpc) is 3.32. The predicted octanol–water partition coefficient (Wildman–Crippen LogP) is 3.87. The number of ether oxygens (including phenoxy) is 1. The lowest BCUT2D eigenvalue weighted by Crippen LogP contribution is -2.23. The van der Waals surface area contributed by atoms with Gasteiger partial charge in [0, 0.05) is 11.6 Å². The molecule has 0 bridgehead atoms. The predicted molar refractivity (Wildman–Crippen MR) is 111 cm³/mol. The number of aromatic nitrogens is 4. The first-order valence-corrected chi connectivity index (χ1v) is 10.3. The lowest BCUT2D eigenvalue weighted by Gasteiger charge is -2.20. The Morgan fingerprint density at radius 3 is 2.66 bits per heavy atom. The Labute approximate surface area is 172 Å². The van der Waals surface area contributed by atoms with Gasteiger partial charge in [-0.3, -0.25) is 10.1 Å². The van der Waals surface area contributed by atoms with Crippen LogP contribution >= 0.6 is 11.3 Å². The third-order valence-electron chi connectivity index (χ3n) is 4.82. The monoisotopic (exact) mass is 413 g/mol. The zero-order chi connectivity index (χ0) is 20.9. The summed E-state index contributed by atoms with van der Waals surface area (Å²) in [6, 6.07) is 1.87. The van der Waals surface area contributed by atoms with Gasteiger partial charge in [-0.05, 0) is 46.6 Å². The van der Waals surface area contributed by atoms with Crippen molar-refractivity contribution >= 4 is 39.4 Å². The number of methoxy groups -OCH3 is 1.